The summed E-state index contributed by atoms with van der Waals surface area (Å²) in [5.74, 6) is 0.332. The summed E-state index contributed by atoms with van der Waals surface area (Å²) in [6.45, 7) is -0.520. The molecule has 1 aliphatic rings. The van der Waals surface area contributed by atoms with Gasteiger partial charge in [-0.05, 0) is 47.9 Å². The minimum atomic E-state index is -1.50. The van der Waals surface area contributed by atoms with Gasteiger partial charge >= 0.3 is 0 Å². The van der Waals surface area contributed by atoms with E-state index in [1.807, 2.05) is 24.3 Å². The van der Waals surface area contributed by atoms with E-state index in [0.29, 0.717) is 17.3 Å². The van der Waals surface area contributed by atoms with Crippen molar-refractivity contribution in [1.29, 1.82) is 0 Å². The van der Waals surface area contributed by atoms with Crippen molar-refractivity contribution >= 4 is 10.9 Å². The van der Waals surface area contributed by atoms with Gasteiger partial charge in [0.25, 0.3) is 0 Å². The number of halogens is 1. The lowest BCUT2D eigenvalue weighted by Crippen LogP contribution is -2.56. The van der Waals surface area contributed by atoms with Crippen molar-refractivity contribution in [3.05, 3.63) is 65.6 Å². The van der Waals surface area contributed by atoms with Gasteiger partial charge in [-0.2, -0.15) is 0 Å². The molecule has 5 atom stereocenters. The maximum Gasteiger partial charge on any atom is 0.163 e. The Morgan fingerprint density at radius 2 is 1.77 bits per heavy atom. The van der Waals surface area contributed by atoms with Gasteiger partial charge in [-0.15, -0.1) is 0 Å². The minimum absolute atomic E-state index is 0.398. The maximum atomic E-state index is 14.0. The van der Waals surface area contributed by atoms with Gasteiger partial charge < -0.3 is 34.5 Å². The van der Waals surface area contributed by atoms with E-state index in [-0.39, 0.29) is 0 Å². The number of methoxy groups -OCH3 is 1. The predicted molar refractivity (Wildman–Crippen MR) is 107 cm³/mol. The lowest BCUT2D eigenvalue weighted by molar-refractivity contribution is -0.250. The summed E-state index contributed by atoms with van der Waals surface area (Å²) in [4.78, 5) is 0. The van der Waals surface area contributed by atoms with Gasteiger partial charge in [0.05, 0.1) is 19.2 Å². The van der Waals surface area contributed by atoms with Crippen LogP contribution in [0.15, 0.2) is 48.7 Å². The highest BCUT2D eigenvalue weighted by atomic mass is 19.1. The third-order valence-electron chi connectivity index (χ3n) is 5.57. The van der Waals surface area contributed by atoms with E-state index in [2.05, 4.69) is 0 Å². The molecule has 1 aromatic heterocycles. The molecule has 0 amide bonds. The fraction of sp³-hybridized carbons (Fsp3) is 0.364. The Hall–Kier alpha value is -2.49. The highest BCUT2D eigenvalue weighted by Gasteiger charge is 2.44. The summed E-state index contributed by atoms with van der Waals surface area (Å²) >= 11 is 0. The largest absolute Gasteiger partial charge is 0.497 e. The molecule has 0 bridgehead atoms. The Morgan fingerprint density at radius 3 is 2.43 bits per heavy atom. The van der Waals surface area contributed by atoms with E-state index in [0.717, 1.165) is 16.9 Å². The second-order valence-electron chi connectivity index (χ2n) is 7.47. The van der Waals surface area contributed by atoms with Crippen molar-refractivity contribution in [2.24, 2.45) is 0 Å². The number of aliphatic hydroxyl groups is 4. The van der Waals surface area contributed by atoms with Gasteiger partial charge in [0.2, 0.25) is 0 Å². The third kappa shape index (κ3) is 3.68. The standard InChI is InChI=1S/C22H24FNO6/c1-29-15-5-2-12(3-6-15)8-13-10-24(17-7-4-14(23)9-16(13)17)22-21(28)20(27)19(26)18(11-25)30-22/h2-7,9-10,18-22,25-28H,8,11H2,1H3/t18-,19-,20+,21-,22-/m1/s1. The summed E-state index contributed by atoms with van der Waals surface area (Å²) in [7, 11) is 1.59. The number of hydrogen-bond donors (Lipinski definition) is 4. The van der Waals surface area contributed by atoms with Crippen LogP contribution >= 0.6 is 0 Å². The van der Waals surface area contributed by atoms with Crippen molar-refractivity contribution in [3.8, 4) is 5.75 Å². The predicted octanol–water partition coefficient (Wildman–Crippen LogP) is 1.35. The van der Waals surface area contributed by atoms with Crippen LogP contribution in [0.2, 0.25) is 0 Å². The van der Waals surface area contributed by atoms with E-state index < -0.39 is 43.1 Å². The number of aliphatic hydroxyl groups excluding tert-OH is 4. The SMILES string of the molecule is COc1ccc(Cc2cn([C@@H]3O[C@H](CO)[C@@H](O)[C@H](O)[C@H]3O)c3ccc(F)cc23)cc1. The molecule has 30 heavy (non-hydrogen) atoms. The summed E-state index contributed by atoms with van der Waals surface area (Å²) in [5.41, 5.74) is 2.38. The minimum Gasteiger partial charge on any atom is -0.497 e. The van der Waals surface area contributed by atoms with Crippen LogP contribution in [0.25, 0.3) is 10.9 Å². The van der Waals surface area contributed by atoms with Gasteiger partial charge in [-0.3, -0.25) is 0 Å². The Balaban J connectivity index is 1.75. The molecule has 1 saturated heterocycles. The second kappa shape index (κ2) is 8.33. The van der Waals surface area contributed by atoms with Crippen LogP contribution in [0.4, 0.5) is 4.39 Å². The van der Waals surface area contributed by atoms with Gasteiger partial charge in [0, 0.05) is 11.6 Å². The lowest BCUT2D eigenvalue weighted by Gasteiger charge is -2.40. The first-order chi connectivity index (χ1) is 14.4. The molecule has 0 spiro atoms. The third-order valence-corrected chi connectivity index (χ3v) is 5.57. The first kappa shape index (κ1) is 20.8. The quantitative estimate of drug-likeness (QED) is 0.500. The number of fused-ring (bicyclic) bond motifs is 1. The molecule has 0 saturated carbocycles. The Morgan fingerprint density at radius 1 is 1.03 bits per heavy atom. The topological polar surface area (TPSA) is 104 Å². The van der Waals surface area contributed by atoms with Crippen LogP contribution in [-0.4, -0.2) is 63.1 Å². The van der Waals surface area contributed by atoms with Crippen LogP contribution in [0, 0.1) is 5.82 Å². The second-order valence-corrected chi connectivity index (χ2v) is 7.47. The number of nitrogens with zero attached hydrogens (tertiary/aromatic N) is 1. The van der Waals surface area contributed by atoms with E-state index in [1.54, 1.807) is 23.9 Å². The van der Waals surface area contributed by atoms with Crippen LogP contribution < -0.4 is 4.74 Å². The van der Waals surface area contributed by atoms with Crippen molar-refractivity contribution in [1.82, 2.24) is 4.57 Å². The Kier molecular flexibility index (Phi) is 5.77. The highest BCUT2D eigenvalue weighted by molar-refractivity contribution is 5.84. The maximum absolute atomic E-state index is 14.0. The average molecular weight is 417 g/mol. The fourth-order valence-electron chi connectivity index (χ4n) is 3.92. The number of rotatable bonds is 5. The number of ether oxygens (including phenoxy) is 2. The molecule has 3 aromatic rings. The highest BCUT2D eigenvalue weighted by Crippen LogP contribution is 2.34. The van der Waals surface area contributed by atoms with Crippen LogP contribution in [0.3, 0.4) is 0 Å². The molecular weight excluding hydrogens is 393 g/mol. The van der Waals surface area contributed by atoms with Gasteiger partial charge in [0.1, 0.15) is 36.0 Å². The molecule has 7 nitrogen and oxygen atoms in total. The molecule has 4 N–H and O–H groups in total. The first-order valence-electron chi connectivity index (χ1n) is 9.65. The molecular formula is C22H24FNO6. The summed E-state index contributed by atoms with van der Waals surface area (Å²) in [6, 6.07) is 11.8. The molecule has 4 rings (SSSR count). The van der Waals surface area contributed by atoms with Crippen LogP contribution in [0.1, 0.15) is 17.4 Å². The van der Waals surface area contributed by atoms with Gasteiger partial charge in [0.15, 0.2) is 6.23 Å². The van der Waals surface area contributed by atoms with Crippen LogP contribution in [-0.2, 0) is 11.2 Å². The van der Waals surface area contributed by atoms with Crippen molar-refractivity contribution < 1.29 is 34.3 Å². The van der Waals surface area contributed by atoms with E-state index in [9.17, 15) is 24.8 Å². The molecule has 2 heterocycles. The van der Waals surface area contributed by atoms with E-state index in [1.165, 1.54) is 12.1 Å². The van der Waals surface area contributed by atoms with Crippen molar-refractivity contribution in [2.75, 3.05) is 13.7 Å². The smallest absolute Gasteiger partial charge is 0.163 e. The van der Waals surface area contributed by atoms with Crippen molar-refractivity contribution in [2.45, 2.75) is 37.1 Å². The van der Waals surface area contributed by atoms with Gasteiger partial charge in [-0.1, -0.05) is 12.1 Å². The molecule has 8 heteroatoms. The van der Waals surface area contributed by atoms with E-state index >= 15 is 0 Å². The normalized spacial score (nSPS) is 26.8. The molecule has 0 unspecified atom stereocenters. The number of hydrogen-bond acceptors (Lipinski definition) is 6. The zero-order valence-electron chi connectivity index (χ0n) is 16.4. The number of aromatic nitrogens is 1. The fourth-order valence-corrected chi connectivity index (χ4v) is 3.92. The molecule has 0 aliphatic carbocycles. The molecule has 1 aliphatic heterocycles. The van der Waals surface area contributed by atoms with Crippen molar-refractivity contribution in [3.63, 3.8) is 0 Å². The molecule has 1 fully saturated rings. The Bertz CT molecular complexity index is 1020. The average Bonchev–Trinajstić information content (AvgIpc) is 3.10. The summed E-state index contributed by atoms with van der Waals surface area (Å²) in [5, 5.41) is 40.8. The summed E-state index contributed by atoms with van der Waals surface area (Å²) < 4.78 is 26.5. The molecule has 160 valence electrons. The van der Waals surface area contributed by atoms with E-state index in [4.69, 9.17) is 9.47 Å². The zero-order valence-corrected chi connectivity index (χ0v) is 16.4. The first-order valence-corrected chi connectivity index (χ1v) is 9.65. The van der Waals surface area contributed by atoms with Gasteiger partial charge in [-0.25, -0.2) is 4.39 Å². The number of benzene rings is 2. The van der Waals surface area contributed by atoms with Crippen LogP contribution in [0.5, 0.6) is 5.75 Å². The zero-order chi connectivity index (χ0) is 21.4. The molecule has 2 aromatic carbocycles. The lowest BCUT2D eigenvalue weighted by atomic mass is 9.98. The molecule has 0 radical (unpaired) electrons. The monoisotopic (exact) mass is 417 g/mol. The summed E-state index contributed by atoms with van der Waals surface area (Å²) in [6.07, 6.45) is -4.23. The Labute approximate surface area is 172 Å².